The summed E-state index contributed by atoms with van der Waals surface area (Å²) in [5.41, 5.74) is 0.813. The predicted molar refractivity (Wildman–Crippen MR) is 78.3 cm³/mol. The smallest absolute Gasteiger partial charge is 0.162 e. The fraction of sp³-hybridized carbons (Fsp3) is 0.562. The Bertz CT molecular complexity index is 368. The summed E-state index contributed by atoms with van der Waals surface area (Å²) in [5, 5.41) is 0. The van der Waals surface area contributed by atoms with Crippen LogP contribution in [0.3, 0.4) is 0 Å². The molecule has 0 fully saturated rings. The second kappa shape index (κ2) is 8.08. The molecule has 0 unspecified atom stereocenters. The molecule has 0 aliphatic carbocycles. The molecule has 0 N–H and O–H groups in total. The van der Waals surface area contributed by atoms with E-state index in [-0.39, 0.29) is 5.78 Å². The molecule has 0 aliphatic heterocycles. The van der Waals surface area contributed by atoms with E-state index in [0.717, 1.165) is 42.6 Å². The van der Waals surface area contributed by atoms with Crippen molar-refractivity contribution in [3.63, 3.8) is 0 Å². The first-order valence-electron chi connectivity index (χ1n) is 6.95. The van der Waals surface area contributed by atoms with Crippen LogP contribution in [0.25, 0.3) is 0 Å². The van der Waals surface area contributed by atoms with Gasteiger partial charge in [0.2, 0.25) is 0 Å². The number of nitrogens with zero attached hydrogens (tertiary/aromatic N) is 1. The van der Waals surface area contributed by atoms with E-state index in [1.165, 1.54) is 0 Å². The maximum atomic E-state index is 11.8. The molecule has 0 amide bonds. The summed E-state index contributed by atoms with van der Waals surface area (Å²) in [5.74, 6) is 0.229. The Kier molecular flexibility index (Phi) is 6.74. The highest BCUT2D eigenvalue weighted by atomic mass is 16.5. The van der Waals surface area contributed by atoms with Gasteiger partial charge in [0, 0.05) is 18.6 Å². The monoisotopic (exact) mass is 264 g/mol. The van der Waals surface area contributed by atoms with E-state index in [2.05, 4.69) is 21.1 Å². The fourth-order valence-corrected chi connectivity index (χ4v) is 1.70. The average Bonchev–Trinajstić information content (AvgIpc) is 2.37. The van der Waals surface area contributed by atoms with Gasteiger partial charge in [0.05, 0.1) is 27.7 Å². The van der Waals surface area contributed by atoms with Crippen LogP contribution in [0.1, 0.15) is 29.6 Å². The summed E-state index contributed by atoms with van der Waals surface area (Å²) in [4.78, 5) is 11.8. The van der Waals surface area contributed by atoms with Gasteiger partial charge in [-0.1, -0.05) is 30.3 Å². The zero-order valence-electron chi connectivity index (χ0n) is 12.4. The van der Waals surface area contributed by atoms with Gasteiger partial charge >= 0.3 is 0 Å². The van der Waals surface area contributed by atoms with E-state index in [0.29, 0.717) is 6.42 Å². The van der Waals surface area contributed by atoms with Gasteiger partial charge < -0.3 is 9.22 Å². The van der Waals surface area contributed by atoms with Crippen LogP contribution in [0, 0.1) is 0 Å². The van der Waals surface area contributed by atoms with Crippen LogP contribution in [-0.4, -0.2) is 51.2 Å². The van der Waals surface area contributed by atoms with Crippen molar-refractivity contribution < 1.29 is 14.0 Å². The van der Waals surface area contributed by atoms with Gasteiger partial charge in [0.15, 0.2) is 5.78 Å². The number of ketones is 1. The number of Topliss-reactive ketones (excluding diaryl/α,β-unsaturated/α-hetero) is 1. The molecular formula is C16H26NO2+. The molecule has 1 aromatic rings. The van der Waals surface area contributed by atoms with Crippen molar-refractivity contribution in [3.05, 3.63) is 35.9 Å². The first-order valence-corrected chi connectivity index (χ1v) is 6.95. The lowest BCUT2D eigenvalue weighted by Crippen LogP contribution is -2.37. The molecule has 0 heterocycles. The van der Waals surface area contributed by atoms with Crippen LogP contribution >= 0.6 is 0 Å². The van der Waals surface area contributed by atoms with Crippen molar-refractivity contribution in [2.75, 3.05) is 40.9 Å². The molecule has 0 radical (unpaired) electrons. The van der Waals surface area contributed by atoms with Crippen molar-refractivity contribution in [1.82, 2.24) is 0 Å². The topological polar surface area (TPSA) is 26.3 Å². The third-order valence-electron chi connectivity index (χ3n) is 2.94. The Morgan fingerprint density at radius 2 is 1.74 bits per heavy atom. The molecule has 1 aromatic carbocycles. The Morgan fingerprint density at radius 1 is 1.05 bits per heavy atom. The van der Waals surface area contributed by atoms with Crippen molar-refractivity contribution in [2.24, 2.45) is 0 Å². The second-order valence-electron chi connectivity index (χ2n) is 5.87. The Balaban J connectivity index is 2.04. The number of hydrogen-bond donors (Lipinski definition) is 0. The van der Waals surface area contributed by atoms with Gasteiger partial charge in [0.25, 0.3) is 0 Å². The molecule has 19 heavy (non-hydrogen) atoms. The van der Waals surface area contributed by atoms with E-state index in [4.69, 9.17) is 4.74 Å². The van der Waals surface area contributed by atoms with Gasteiger partial charge in [-0.05, 0) is 12.8 Å². The summed E-state index contributed by atoms with van der Waals surface area (Å²) < 4.78 is 6.49. The lowest BCUT2D eigenvalue weighted by Gasteiger charge is -2.23. The largest absolute Gasteiger partial charge is 0.376 e. The van der Waals surface area contributed by atoms with Gasteiger partial charge in [-0.2, -0.15) is 0 Å². The highest BCUT2D eigenvalue weighted by molar-refractivity contribution is 5.95. The molecule has 106 valence electrons. The van der Waals surface area contributed by atoms with Crippen molar-refractivity contribution in [1.29, 1.82) is 0 Å². The Morgan fingerprint density at radius 3 is 2.37 bits per heavy atom. The molecule has 1 rings (SSSR count). The summed E-state index contributed by atoms with van der Waals surface area (Å²) in [6.45, 7) is 2.56. The lowest BCUT2D eigenvalue weighted by molar-refractivity contribution is -0.870. The molecule has 3 heteroatoms. The number of rotatable bonds is 9. The first kappa shape index (κ1) is 15.9. The standard InChI is InChI=1S/C16H26NO2/c1-17(2,3)12-14-19-13-8-7-11-16(18)15-9-5-4-6-10-15/h4-6,9-10H,7-8,11-14H2,1-3H3/q+1. The molecule has 0 aromatic heterocycles. The number of likely N-dealkylation sites (N-methyl/N-ethyl adjacent to an activating group) is 1. The molecule has 3 nitrogen and oxygen atoms in total. The highest BCUT2D eigenvalue weighted by Crippen LogP contribution is 2.06. The number of carbonyl (C=O) groups excluding carboxylic acids is 1. The van der Waals surface area contributed by atoms with E-state index < -0.39 is 0 Å². The fourth-order valence-electron chi connectivity index (χ4n) is 1.70. The average molecular weight is 264 g/mol. The summed E-state index contributed by atoms with van der Waals surface area (Å²) in [6, 6.07) is 9.49. The minimum atomic E-state index is 0.229. The minimum Gasteiger partial charge on any atom is -0.376 e. The Hall–Kier alpha value is -1.19. The van der Waals surface area contributed by atoms with Gasteiger partial charge in [0.1, 0.15) is 6.54 Å². The van der Waals surface area contributed by atoms with E-state index in [9.17, 15) is 4.79 Å². The molecule has 0 aliphatic rings. The van der Waals surface area contributed by atoms with Crippen LogP contribution in [0.2, 0.25) is 0 Å². The quantitative estimate of drug-likeness (QED) is 0.389. The maximum absolute atomic E-state index is 11.8. The van der Waals surface area contributed by atoms with Crippen LogP contribution in [0.5, 0.6) is 0 Å². The summed E-state index contributed by atoms with van der Waals surface area (Å²) >= 11 is 0. The molecule has 0 bridgehead atoms. The van der Waals surface area contributed by atoms with Crippen LogP contribution < -0.4 is 0 Å². The van der Waals surface area contributed by atoms with Crippen LogP contribution in [0.4, 0.5) is 0 Å². The molecule has 0 saturated carbocycles. The highest BCUT2D eigenvalue weighted by Gasteiger charge is 2.06. The van der Waals surface area contributed by atoms with Gasteiger partial charge in [-0.15, -0.1) is 0 Å². The zero-order chi connectivity index (χ0) is 14.1. The number of benzene rings is 1. The van der Waals surface area contributed by atoms with E-state index in [1.54, 1.807) is 0 Å². The number of unbranched alkanes of at least 4 members (excludes halogenated alkanes) is 1. The molecule has 0 saturated heterocycles. The normalized spacial score (nSPS) is 11.5. The zero-order valence-corrected chi connectivity index (χ0v) is 12.4. The summed E-state index contributed by atoms with van der Waals surface area (Å²) in [6.07, 6.45) is 2.47. The number of quaternary nitrogens is 1. The maximum Gasteiger partial charge on any atom is 0.162 e. The van der Waals surface area contributed by atoms with E-state index in [1.807, 2.05) is 30.3 Å². The third kappa shape index (κ3) is 7.75. The van der Waals surface area contributed by atoms with Gasteiger partial charge in [-0.25, -0.2) is 0 Å². The molecule has 0 atom stereocenters. The number of ether oxygens (including phenoxy) is 1. The summed E-state index contributed by atoms with van der Waals surface area (Å²) in [7, 11) is 6.46. The SMILES string of the molecule is C[N+](C)(C)CCOCCCCC(=O)c1ccccc1. The second-order valence-corrected chi connectivity index (χ2v) is 5.87. The third-order valence-corrected chi connectivity index (χ3v) is 2.94. The van der Waals surface area contributed by atoms with Gasteiger partial charge in [-0.3, -0.25) is 4.79 Å². The van der Waals surface area contributed by atoms with E-state index >= 15 is 0 Å². The molecular weight excluding hydrogens is 238 g/mol. The molecule has 0 spiro atoms. The number of carbonyl (C=O) groups is 1. The number of hydrogen-bond acceptors (Lipinski definition) is 2. The minimum absolute atomic E-state index is 0.229. The lowest BCUT2D eigenvalue weighted by atomic mass is 10.1. The van der Waals surface area contributed by atoms with Crippen molar-refractivity contribution >= 4 is 5.78 Å². The van der Waals surface area contributed by atoms with Crippen molar-refractivity contribution in [3.8, 4) is 0 Å². The van der Waals surface area contributed by atoms with Crippen LogP contribution in [0.15, 0.2) is 30.3 Å². The Labute approximate surface area is 116 Å². The van der Waals surface area contributed by atoms with Crippen LogP contribution in [-0.2, 0) is 4.74 Å². The van der Waals surface area contributed by atoms with Crippen molar-refractivity contribution in [2.45, 2.75) is 19.3 Å². The predicted octanol–water partition coefficient (Wildman–Crippen LogP) is 2.76. The first-order chi connectivity index (χ1) is 8.99.